The molecule has 1 aliphatic carbocycles. The summed E-state index contributed by atoms with van der Waals surface area (Å²) < 4.78 is 5.51. The van der Waals surface area contributed by atoms with Crippen LogP contribution in [0.2, 0.25) is 0 Å². The van der Waals surface area contributed by atoms with Crippen LogP contribution in [0.1, 0.15) is 36.5 Å². The molecule has 1 spiro atoms. The van der Waals surface area contributed by atoms with Crippen LogP contribution in [0.5, 0.6) is 0 Å². The number of nitrogens with zero attached hydrogens (tertiary/aromatic N) is 1. The Morgan fingerprint density at radius 3 is 2.55 bits per heavy atom. The van der Waals surface area contributed by atoms with Crippen molar-refractivity contribution in [1.82, 2.24) is 0 Å². The fourth-order valence-electron chi connectivity index (χ4n) is 3.66. The number of halogens is 1. The van der Waals surface area contributed by atoms with Gasteiger partial charge in [0.2, 0.25) is 0 Å². The molecule has 0 radical (unpaired) electrons. The number of benzene rings is 1. The first-order valence-corrected chi connectivity index (χ1v) is 8.42. The minimum absolute atomic E-state index is 0.225. The summed E-state index contributed by atoms with van der Waals surface area (Å²) in [5.74, 6) is 0.305. The highest BCUT2D eigenvalue weighted by molar-refractivity contribution is 9.10. The van der Waals surface area contributed by atoms with Crippen molar-refractivity contribution in [3.8, 4) is 0 Å². The topological polar surface area (TPSA) is 46.6 Å². The lowest BCUT2D eigenvalue weighted by atomic mass is 9.55. The number of hydrogen-bond acceptors (Lipinski definition) is 4. The number of hydrogen-bond donors (Lipinski definition) is 0. The van der Waals surface area contributed by atoms with Crippen LogP contribution in [0.15, 0.2) is 22.7 Å². The zero-order valence-corrected chi connectivity index (χ0v) is 14.5. The Morgan fingerprint density at radius 1 is 1.36 bits per heavy atom. The van der Waals surface area contributed by atoms with Gasteiger partial charge < -0.3 is 9.64 Å². The summed E-state index contributed by atoms with van der Waals surface area (Å²) in [6.45, 7) is 3.99. The SMILES string of the molecule is COC(=O)c1ccc(N2CCC3(CC2)CC(=O)C3C)cc1Br. The van der Waals surface area contributed by atoms with Crippen molar-refractivity contribution < 1.29 is 14.3 Å². The number of anilines is 1. The first kappa shape index (κ1) is 15.5. The zero-order valence-electron chi connectivity index (χ0n) is 12.9. The number of carbonyl (C=O) groups excluding carboxylic acids is 2. The van der Waals surface area contributed by atoms with Crippen LogP contribution in [0.3, 0.4) is 0 Å². The standard InChI is InChI=1S/C17H20BrNO3/c1-11-15(20)10-17(11)5-7-19(8-6-17)12-3-4-13(14(18)9-12)16(21)22-2/h3-4,9,11H,5-8,10H2,1-2H3. The summed E-state index contributed by atoms with van der Waals surface area (Å²) in [6, 6.07) is 5.73. The molecule has 22 heavy (non-hydrogen) atoms. The Kier molecular flexibility index (Phi) is 4.02. The summed E-state index contributed by atoms with van der Waals surface area (Å²) in [5, 5.41) is 0. The minimum atomic E-state index is -0.335. The number of piperidine rings is 1. The Morgan fingerprint density at radius 2 is 2.05 bits per heavy atom. The molecule has 2 fully saturated rings. The number of ketones is 1. The van der Waals surface area contributed by atoms with Gasteiger partial charge in [-0.3, -0.25) is 4.79 Å². The molecule has 3 rings (SSSR count). The first-order valence-electron chi connectivity index (χ1n) is 7.62. The molecule has 1 saturated carbocycles. The zero-order chi connectivity index (χ0) is 15.9. The van der Waals surface area contributed by atoms with Gasteiger partial charge in [-0.15, -0.1) is 0 Å². The van der Waals surface area contributed by atoms with Crippen LogP contribution in [0, 0.1) is 11.3 Å². The molecule has 0 amide bonds. The van der Waals surface area contributed by atoms with Crippen molar-refractivity contribution in [2.75, 3.05) is 25.1 Å². The molecule has 1 saturated heterocycles. The number of carbonyl (C=O) groups is 2. The summed E-state index contributed by atoms with van der Waals surface area (Å²) in [5.41, 5.74) is 1.89. The van der Waals surface area contributed by atoms with Crippen LogP contribution < -0.4 is 4.90 Å². The molecule has 5 heteroatoms. The summed E-state index contributed by atoms with van der Waals surface area (Å²) in [7, 11) is 1.38. The van der Waals surface area contributed by atoms with Crippen molar-refractivity contribution in [2.45, 2.75) is 26.2 Å². The Bertz CT molecular complexity index is 620. The molecule has 0 bridgehead atoms. The molecule has 1 atom stereocenters. The second-order valence-corrected chi connectivity index (χ2v) is 7.22. The number of rotatable bonds is 2. The van der Waals surface area contributed by atoms with E-state index in [1.165, 1.54) is 7.11 Å². The van der Waals surface area contributed by atoms with Gasteiger partial charge in [0.05, 0.1) is 12.7 Å². The van der Waals surface area contributed by atoms with Gasteiger partial charge in [0, 0.05) is 35.6 Å². The fourth-order valence-corrected chi connectivity index (χ4v) is 4.19. The lowest BCUT2D eigenvalue weighted by molar-refractivity contribution is -0.143. The molecule has 4 nitrogen and oxygen atoms in total. The van der Waals surface area contributed by atoms with E-state index in [1.807, 2.05) is 12.1 Å². The van der Waals surface area contributed by atoms with Crippen LogP contribution in [0.25, 0.3) is 0 Å². The van der Waals surface area contributed by atoms with Gasteiger partial charge in [-0.05, 0) is 52.4 Å². The Hall–Kier alpha value is -1.36. The van der Waals surface area contributed by atoms with Crippen LogP contribution in [-0.4, -0.2) is 32.0 Å². The molecule has 1 aromatic carbocycles. The van der Waals surface area contributed by atoms with Gasteiger partial charge in [-0.1, -0.05) is 6.92 Å². The highest BCUT2D eigenvalue weighted by Crippen LogP contribution is 2.51. The van der Waals surface area contributed by atoms with Gasteiger partial charge in [0.15, 0.2) is 0 Å². The maximum absolute atomic E-state index is 11.6. The highest BCUT2D eigenvalue weighted by atomic mass is 79.9. The molecule has 118 valence electrons. The number of ether oxygens (including phenoxy) is 1. The second kappa shape index (κ2) is 5.69. The summed E-state index contributed by atoms with van der Waals surface area (Å²) >= 11 is 3.45. The van der Waals surface area contributed by atoms with E-state index in [4.69, 9.17) is 4.74 Å². The van der Waals surface area contributed by atoms with Crippen LogP contribution >= 0.6 is 15.9 Å². The van der Waals surface area contributed by atoms with E-state index in [2.05, 4.69) is 27.8 Å². The Balaban J connectivity index is 1.70. The van der Waals surface area contributed by atoms with Crippen molar-refractivity contribution in [3.05, 3.63) is 28.2 Å². The molecular weight excluding hydrogens is 346 g/mol. The molecule has 1 unspecified atom stereocenters. The van der Waals surface area contributed by atoms with Crippen LogP contribution in [0.4, 0.5) is 5.69 Å². The largest absolute Gasteiger partial charge is 0.465 e. The lowest BCUT2D eigenvalue weighted by Crippen LogP contribution is -2.53. The van der Waals surface area contributed by atoms with E-state index in [-0.39, 0.29) is 17.3 Å². The van der Waals surface area contributed by atoms with Gasteiger partial charge in [0.25, 0.3) is 0 Å². The van der Waals surface area contributed by atoms with Gasteiger partial charge in [-0.25, -0.2) is 4.79 Å². The van der Waals surface area contributed by atoms with Gasteiger partial charge in [-0.2, -0.15) is 0 Å². The van der Waals surface area contributed by atoms with Crippen molar-refractivity contribution in [1.29, 1.82) is 0 Å². The smallest absolute Gasteiger partial charge is 0.339 e. The molecule has 2 aliphatic rings. The van der Waals surface area contributed by atoms with E-state index in [1.54, 1.807) is 6.07 Å². The molecule has 1 aliphatic heterocycles. The molecular formula is C17H20BrNO3. The Labute approximate surface area is 138 Å². The van der Waals surface area contributed by atoms with E-state index < -0.39 is 0 Å². The van der Waals surface area contributed by atoms with Crippen molar-refractivity contribution in [3.63, 3.8) is 0 Å². The van der Waals surface area contributed by atoms with E-state index in [9.17, 15) is 9.59 Å². The molecule has 1 heterocycles. The van der Waals surface area contributed by atoms with Gasteiger partial charge in [0.1, 0.15) is 5.78 Å². The van der Waals surface area contributed by atoms with Crippen molar-refractivity contribution >= 4 is 33.4 Å². The highest BCUT2D eigenvalue weighted by Gasteiger charge is 2.51. The average Bonchev–Trinajstić information content (AvgIpc) is 2.54. The minimum Gasteiger partial charge on any atom is -0.465 e. The predicted octanol–water partition coefficient (Wildman–Crippen LogP) is 3.43. The molecule has 0 N–H and O–H groups in total. The number of Topliss-reactive ketones (excluding diaryl/α,β-unsaturated/α-hetero) is 1. The number of esters is 1. The van der Waals surface area contributed by atoms with E-state index in [0.29, 0.717) is 11.3 Å². The van der Waals surface area contributed by atoms with Gasteiger partial charge >= 0.3 is 5.97 Å². The predicted molar refractivity (Wildman–Crippen MR) is 88.1 cm³/mol. The van der Waals surface area contributed by atoms with Crippen molar-refractivity contribution in [2.24, 2.45) is 11.3 Å². The quantitative estimate of drug-likeness (QED) is 0.753. The van der Waals surface area contributed by atoms with E-state index >= 15 is 0 Å². The first-order chi connectivity index (χ1) is 10.5. The maximum Gasteiger partial charge on any atom is 0.339 e. The monoisotopic (exact) mass is 365 g/mol. The maximum atomic E-state index is 11.6. The molecule has 1 aromatic rings. The summed E-state index contributed by atoms with van der Waals surface area (Å²) in [4.78, 5) is 25.5. The number of methoxy groups -OCH3 is 1. The van der Waals surface area contributed by atoms with Crippen LogP contribution in [-0.2, 0) is 9.53 Å². The lowest BCUT2D eigenvalue weighted by Gasteiger charge is -2.51. The third kappa shape index (κ3) is 2.45. The third-order valence-corrected chi connectivity index (χ3v) is 6.07. The third-order valence-electron chi connectivity index (χ3n) is 5.41. The summed E-state index contributed by atoms with van der Waals surface area (Å²) in [6.07, 6.45) is 2.89. The second-order valence-electron chi connectivity index (χ2n) is 6.37. The van der Waals surface area contributed by atoms with E-state index in [0.717, 1.165) is 42.5 Å². The normalized spacial score (nSPS) is 23.3. The average molecular weight is 366 g/mol. The fraction of sp³-hybridized carbons (Fsp3) is 0.529. The molecule has 0 aromatic heterocycles.